The molecule has 0 aromatic carbocycles. The number of rotatable bonds is 4. The van der Waals surface area contributed by atoms with E-state index in [-0.39, 0.29) is 0 Å². The zero-order valence-electron chi connectivity index (χ0n) is 9.37. The van der Waals surface area contributed by atoms with Gasteiger partial charge in [0.1, 0.15) is 0 Å². The molecule has 0 radical (unpaired) electrons. The molecule has 1 fully saturated rings. The van der Waals surface area contributed by atoms with E-state index < -0.39 is 0 Å². The number of ether oxygens (including phenoxy) is 1. The predicted molar refractivity (Wildman–Crippen MR) is 62.9 cm³/mol. The monoisotopic (exact) mass is 207 g/mol. The predicted octanol–water partition coefficient (Wildman–Crippen LogP) is 2.28. The van der Waals surface area contributed by atoms with Crippen LogP contribution in [0.15, 0.2) is 23.8 Å². The molecular weight excluding hydrogens is 186 g/mol. The van der Waals surface area contributed by atoms with Gasteiger partial charge in [0.05, 0.1) is 6.61 Å². The Morgan fingerprint density at radius 2 is 2.13 bits per heavy atom. The van der Waals surface area contributed by atoms with Gasteiger partial charge in [0.15, 0.2) is 0 Å². The fraction of sp³-hybridized carbons (Fsp3) is 0.692. The van der Waals surface area contributed by atoms with E-state index in [1.807, 2.05) is 0 Å². The van der Waals surface area contributed by atoms with E-state index in [0.717, 1.165) is 32.2 Å². The molecular formula is C13H21NO. The second kappa shape index (κ2) is 6.09. The number of hydrogen-bond acceptors (Lipinski definition) is 2. The summed E-state index contributed by atoms with van der Waals surface area (Å²) < 4.78 is 5.77. The molecule has 84 valence electrons. The summed E-state index contributed by atoms with van der Waals surface area (Å²) in [5, 5.41) is 3.38. The van der Waals surface area contributed by atoms with Gasteiger partial charge in [0.2, 0.25) is 0 Å². The van der Waals surface area contributed by atoms with Crippen molar-refractivity contribution in [3.63, 3.8) is 0 Å². The summed E-state index contributed by atoms with van der Waals surface area (Å²) in [6.45, 7) is 4.07. The van der Waals surface area contributed by atoms with Gasteiger partial charge in [0, 0.05) is 6.61 Å². The van der Waals surface area contributed by atoms with E-state index in [4.69, 9.17) is 4.74 Å². The van der Waals surface area contributed by atoms with E-state index >= 15 is 0 Å². The minimum absolute atomic E-state index is 0.777. The van der Waals surface area contributed by atoms with Crippen LogP contribution in [0.2, 0.25) is 0 Å². The lowest BCUT2D eigenvalue weighted by atomic mass is 9.99. The summed E-state index contributed by atoms with van der Waals surface area (Å²) in [7, 11) is 0. The first-order chi connectivity index (χ1) is 7.45. The molecule has 1 heterocycles. The third-order valence-electron chi connectivity index (χ3n) is 3.15. The van der Waals surface area contributed by atoms with Gasteiger partial charge in [-0.1, -0.05) is 18.2 Å². The van der Waals surface area contributed by atoms with Gasteiger partial charge >= 0.3 is 0 Å². The fourth-order valence-electron chi connectivity index (χ4n) is 2.17. The maximum absolute atomic E-state index is 5.77. The summed E-state index contributed by atoms with van der Waals surface area (Å²) in [5.41, 5.74) is 1.36. The van der Waals surface area contributed by atoms with Crippen LogP contribution in [0.4, 0.5) is 0 Å². The van der Waals surface area contributed by atoms with Crippen molar-refractivity contribution >= 4 is 0 Å². The van der Waals surface area contributed by atoms with E-state index in [0.29, 0.717) is 0 Å². The van der Waals surface area contributed by atoms with Gasteiger partial charge in [-0.05, 0) is 50.3 Å². The van der Waals surface area contributed by atoms with E-state index in [9.17, 15) is 0 Å². The molecule has 2 heteroatoms. The van der Waals surface area contributed by atoms with E-state index in [2.05, 4.69) is 23.5 Å². The van der Waals surface area contributed by atoms with Crippen LogP contribution in [0, 0.1) is 5.92 Å². The molecule has 0 atom stereocenters. The highest BCUT2D eigenvalue weighted by atomic mass is 16.5. The summed E-state index contributed by atoms with van der Waals surface area (Å²) in [6, 6.07) is 0. The minimum atomic E-state index is 0.777. The van der Waals surface area contributed by atoms with Crippen molar-refractivity contribution in [3.05, 3.63) is 23.8 Å². The zero-order valence-corrected chi connectivity index (χ0v) is 9.37. The molecule has 1 aliphatic heterocycles. The molecule has 1 saturated heterocycles. The Kier molecular flexibility index (Phi) is 4.42. The van der Waals surface area contributed by atoms with Crippen molar-refractivity contribution in [3.8, 4) is 0 Å². The Bertz CT molecular complexity index is 239. The topological polar surface area (TPSA) is 21.3 Å². The van der Waals surface area contributed by atoms with Gasteiger partial charge in [-0.15, -0.1) is 0 Å². The van der Waals surface area contributed by atoms with E-state index in [1.54, 1.807) is 0 Å². The first kappa shape index (κ1) is 10.9. The lowest BCUT2D eigenvalue weighted by Crippen LogP contribution is -2.30. The molecule has 0 amide bonds. The second-order valence-electron chi connectivity index (χ2n) is 4.47. The molecule has 2 nitrogen and oxygen atoms in total. The molecule has 0 spiro atoms. The highest BCUT2D eigenvalue weighted by Gasteiger charge is 2.12. The van der Waals surface area contributed by atoms with Crippen LogP contribution in [0.3, 0.4) is 0 Å². The average molecular weight is 207 g/mol. The quantitative estimate of drug-likeness (QED) is 0.763. The van der Waals surface area contributed by atoms with Gasteiger partial charge in [0.25, 0.3) is 0 Å². The zero-order chi connectivity index (χ0) is 10.3. The molecule has 0 aromatic heterocycles. The largest absolute Gasteiger partial charge is 0.376 e. The van der Waals surface area contributed by atoms with Crippen LogP contribution in [0.1, 0.15) is 25.7 Å². The third-order valence-corrected chi connectivity index (χ3v) is 3.15. The highest BCUT2D eigenvalue weighted by molar-refractivity contribution is 5.22. The lowest BCUT2D eigenvalue weighted by Gasteiger charge is -2.22. The summed E-state index contributed by atoms with van der Waals surface area (Å²) in [5.74, 6) is 0.777. The van der Waals surface area contributed by atoms with Gasteiger partial charge < -0.3 is 10.1 Å². The number of piperidine rings is 1. The molecule has 0 unspecified atom stereocenters. The van der Waals surface area contributed by atoms with Crippen LogP contribution in [-0.2, 0) is 4.74 Å². The fourth-order valence-corrected chi connectivity index (χ4v) is 2.17. The smallest absolute Gasteiger partial charge is 0.0713 e. The number of allylic oxidation sites excluding steroid dienone is 2. The number of hydrogen-bond donors (Lipinski definition) is 1. The first-order valence-corrected chi connectivity index (χ1v) is 6.09. The Hall–Kier alpha value is -0.600. The van der Waals surface area contributed by atoms with E-state index in [1.165, 1.54) is 31.3 Å². The molecule has 1 N–H and O–H groups in total. The van der Waals surface area contributed by atoms with Crippen LogP contribution < -0.4 is 5.32 Å². The summed E-state index contributed by atoms with van der Waals surface area (Å²) in [6.07, 6.45) is 11.7. The Labute approximate surface area is 92.4 Å². The Morgan fingerprint density at radius 1 is 1.27 bits per heavy atom. The highest BCUT2D eigenvalue weighted by Crippen LogP contribution is 2.14. The van der Waals surface area contributed by atoms with Crippen molar-refractivity contribution in [2.45, 2.75) is 25.7 Å². The molecule has 2 aliphatic rings. The van der Waals surface area contributed by atoms with Crippen molar-refractivity contribution in [2.75, 3.05) is 26.3 Å². The van der Waals surface area contributed by atoms with Crippen molar-refractivity contribution in [2.24, 2.45) is 5.92 Å². The van der Waals surface area contributed by atoms with Crippen molar-refractivity contribution < 1.29 is 4.74 Å². The maximum atomic E-state index is 5.77. The summed E-state index contributed by atoms with van der Waals surface area (Å²) >= 11 is 0. The molecule has 1 aliphatic carbocycles. The van der Waals surface area contributed by atoms with Gasteiger partial charge in [-0.2, -0.15) is 0 Å². The first-order valence-electron chi connectivity index (χ1n) is 6.09. The molecule has 0 bridgehead atoms. The normalized spacial score (nSPS) is 22.8. The molecule has 0 aromatic rings. The Balaban J connectivity index is 1.61. The second-order valence-corrected chi connectivity index (χ2v) is 4.47. The average Bonchev–Trinajstić information content (AvgIpc) is 2.32. The SMILES string of the molecule is C1=CC(COCC2CCNCC2)=CCC1. The molecule has 2 rings (SSSR count). The van der Waals surface area contributed by atoms with Gasteiger partial charge in [-0.3, -0.25) is 0 Å². The van der Waals surface area contributed by atoms with Crippen molar-refractivity contribution in [1.29, 1.82) is 0 Å². The maximum Gasteiger partial charge on any atom is 0.0713 e. The van der Waals surface area contributed by atoms with Crippen molar-refractivity contribution in [1.82, 2.24) is 5.32 Å². The van der Waals surface area contributed by atoms with Gasteiger partial charge in [-0.25, -0.2) is 0 Å². The van der Waals surface area contributed by atoms with Crippen LogP contribution in [-0.4, -0.2) is 26.3 Å². The number of nitrogens with one attached hydrogen (secondary N) is 1. The standard InChI is InChI=1S/C13H21NO/c1-2-4-12(5-3-1)10-15-11-13-6-8-14-9-7-13/h2,4-5,13-14H,1,3,6-11H2. The van der Waals surface area contributed by atoms with Crippen LogP contribution in [0.25, 0.3) is 0 Å². The molecule has 0 saturated carbocycles. The summed E-state index contributed by atoms with van der Waals surface area (Å²) in [4.78, 5) is 0. The third kappa shape index (κ3) is 3.80. The minimum Gasteiger partial charge on any atom is -0.376 e. The van der Waals surface area contributed by atoms with Crippen LogP contribution in [0.5, 0.6) is 0 Å². The lowest BCUT2D eigenvalue weighted by molar-refractivity contribution is 0.105. The Morgan fingerprint density at radius 3 is 2.87 bits per heavy atom. The van der Waals surface area contributed by atoms with Crippen LogP contribution >= 0.6 is 0 Å². The molecule has 15 heavy (non-hydrogen) atoms.